The largest absolute Gasteiger partial charge is 0.409 e. The third kappa shape index (κ3) is 3.27. The van der Waals surface area contributed by atoms with Gasteiger partial charge in [0.2, 0.25) is 0 Å². The molecule has 1 fully saturated rings. The van der Waals surface area contributed by atoms with Crippen LogP contribution in [0.3, 0.4) is 0 Å². The van der Waals surface area contributed by atoms with Gasteiger partial charge in [0.25, 0.3) is 0 Å². The molecule has 8 heteroatoms. The fourth-order valence-corrected chi connectivity index (χ4v) is 3.76. The highest BCUT2D eigenvalue weighted by atomic mass is 32.2. The van der Waals surface area contributed by atoms with Crippen molar-refractivity contribution in [2.75, 3.05) is 24.4 Å². The zero-order chi connectivity index (χ0) is 15.5. The van der Waals surface area contributed by atoms with E-state index in [2.05, 4.69) is 5.16 Å². The molecule has 21 heavy (non-hydrogen) atoms. The van der Waals surface area contributed by atoms with Crippen LogP contribution in [0, 0.1) is 0 Å². The van der Waals surface area contributed by atoms with Crippen LogP contribution in [-0.2, 0) is 10.2 Å². The van der Waals surface area contributed by atoms with Crippen molar-refractivity contribution < 1.29 is 13.6 Å². The standard InChI is InChI=1S/C13H20N4O3S/c1-16(21(19,20)17-9-3-2-4-10-17)12-7-5-11(6-8-12)13(14)15-18/h5-8,18H,2-4,9-10H2,1H3,(H2,14,15). The summed E-state index contributed by atoms with van der Waals surface area (Å²) in [5.74, 6) is -0.0110. The topological polar surface area (TPSA) is 99.2 Å². The Morgan fingerprint density at radius 3 is 2.33 bits per heavy atom. The third-order valence-electron chi connectivity index (χ3n) is 3.62. The Bertz CT molecular complexity index is 607. The molecule has 1 aromatic carbocycles. The molecular weight excluding hydrogens is 292 g/mol. The van der Waals surface area contributed by atoms with E-state index in [-0.39, 0.29) is 5.84 Å². The van der Waals surface area contributed by atoms with E-state index in [1.165, 1.54) is 15.7 Å². The monoisotopic (exact) mass is 312 g/mol. The first kappa shape index (κ1) is 15.6. The molecule has 1 aliphatic rings. The van der Waals surface area contributed by atoms with Crippen LogP contribution in [0.1, 0.15) is 24.8 Å². The second-order valence-corrected chi connectivity index (χ2v) is 6.93. The fraction of sp³-hybridized carbons (Fsp3) is 0.462. The Balaban J connectivity index is 2.20. The lowest BCUT2D eigenvalue weighted by Gasteiger charge is -2.31. The highest BCUT2D eigenvalue weighted by Gasteiger charge is 2.28. The molecule has 0 spiro atoms. The lowest BCUT2D eigenvalue weighted by Crippen LogP contribution is -2.44. The van der Waals surface area contributed by atoms with Gasteiger partial charge in [0.15, 0.2) is 5.84 Å². The molecule has 116 valence electrons. The van der Waals surface area contributed by atoms with Gasteiger partial charge in [0.1, 0.15) is 0 Å². The Labute approximate surface area is 124 Å². The molecule has 0 atom stereocenters. The summed E-state index contributed by atoms with van der Waals surface area (Å²) >= 11 is 0. The number of rotatable bonds is 4. The molecular formula is C13H20N4O3S. The van der Waals surface area contributed by atoms with E-state index in [1.807, 2.05) is 0 Å². The van der Waals surface area contributed by atoms with Crippen LogP contribution in [0.15, 0.2) is 29.4 Å². The molecule has 1 saturated heterocycles. The first-order valence-electron chi connectivity index (χ1n) is 6.79. The third-order valence-corrected chi connectivity index (χ3v) is 5.54. The minimum Gasteiger partial charge on any atom is -0.409 e. The van der Waals surface area contributed by atoms with Crippen molar-refractivity contribution in [1.29, 1.82) is 0 Å². The number of nitrogens with zero attached hydrogens (tertiary/aromatic N) is 3. The second-order valence-electron chi connectivity index (χ2n) is 4.97. The van der Waals surface area contributed by atoms with Crippen LogP contribution in [0.4, 0.5) is 5.69 Å². The van der Waals surface area contributed by atoms with Crippen molar-refractivity contribution >= 4 is 21.7 Å². The van der Waals surface area contributed by atoms with Crippen LogP contribution in [0.5, 0.6) is 0 Å². The maximum absolute atomic E-state index is 12.5. The molecule has 0 bridgehead atoms. The summed E-state index contributed by atoms with van der Waals surface area (Å²) in [7, 11) is -1.97. The Hall–Kier alpha value is -1.80. The highest BCUT2D eigenvalue weighted by Crippen LogP contribution is 2.22. The Kier molecular flexibility index (Phi) is 4.69. The summed E-state index contributed by atoms with van der Waals surface area (Å²) < 4.78 is 27.8. The van der Waals surface area contributed by atoms with E-state index in [4.69, 9.17) is 10.9 Å². The molecule has 1 aliphatic heterocycles. The van der Waals surface area contributed by atoms with Crippen LogP contribution >= 0.6 is 0 Å². The van der Waals surface area contributed by atoms with E-state index in [1.54, 1.807) is 24.3 Å². The van der Waals surface area contributed by atoms with Gasteiger partial charge in [0.05, 0.1) is 5.69 Å². The number of benzene rings is 1. The van der Waals surface area contributed by atoms with Crippen LogP contribution in [-0.4, -0.2) is 43.9 Å². The van der Waals surface area contributed by atoms with E-state index in [0.29, 0.717) is 24.3 Å². The van der Waals surface area contributed by atoms with E-state index in [0.717, 1.165) is 19.3 Å². The second kappa shape index (κ2) is 6.31. The van der Waals surface area contributed by atoms with Gasteiger partial charge in [-0.1, -0.05) is 11.6 Å². The molecule has 1 heterocycles. The zero-order valence-corrected chi connectivity index (χ0v) is 12.8. The van der Waals surface area contributed by atoms with Crippen molar-refractivity contribution in [2.24, 2.45) is 10.9 Å². The van der Waals surface area contributed by atoms with Gasteiger partial charge < -0.3 is 10.9 Å². The Morgan fingerprint density at radius 2 is 1.81 bits per heavy atom. The van der Waals surface area contributed by atoms with E-state index in [9.17, 15) is 8.42 Å². The Morgan fingerprint density at radius 1 is 1.24 bits per heavy atom. The zero-order valence-electron chi connectivity index (χ0n) is 11.9. The van der Waals surface area contributed by atoms with Crippen LogP contribution in [0.2, 0.25) is 0 Å². The predicted molar refractivity (Wildman–Crippen MR) is 81.7 cm³/mol. The SMILES string of the molecule is CN(c1ccc(C(N)=NO)cc1)S(=O)(=O)N1CCCCC1. The first-order valence-corrected chi connectivity index (χ1v) is 8.18. The molecule has 0 saturated carbocycles. The lowest BCUT2D eigenvalue weighted by molar-refractivity contribution is 0.318. The summed E-state index contributed by atoms with van der Waals surface area (Å²) in [5, 5.41) is 11.5. The molecule has 0 unspecified atom stereocenters. The van der Waals surface area contributed by atoms with E-state index < -0.39 is 10.2 Å². The average Bonchev–Trinajstić information content (AvgIpc) is 2.54. The average molecular weight is 312 g/mol. The molecule has 0 aliphatic carbocycles. The van der Waals surface area contributed by atoms with Gasteiger partial charge in [-0.2, -0.15) is 12.7 Å². The number of hydrogen-bond acceptors (Lipinski definition) is 4. The normalized spacial score (nSPS) is 17.7. The van der Waals surface area contributed by atoms with Gasteiger partial charge in [-0.15, -0.1) is 0 Å². The summed E-state index contributed by atoms with van der Waals surface area (Å²) in [6.07, 6.45) is 2.87. The van der Waals surface area contributed by atoms with Gasteiger partial charge in [-0.3, -0.25) is 4.31 Å². The number of nitrogens with two attached hydrogens (primary N) is 1. The van der Waals surface area contributed by atoms with Gasteiger partial charge in [0, 0.05) is 25.7 Å². The summed E-state index contributed by atoms with van der Waals surface area (Å²) in [6, 6.07) is 6.50. The lowest BCUT2D eigenvalue weighted by atomic mass is 10.2. The molecule has 0 radical (unpaired) electrons. The minimum absolute atomic E-state index is 0.0110. The molecule has 7 nitrogen and oxygen atoms in total. The van der Waals surface area contributed by atoms with Crippen LogP contribution < -0.4 is 10.0 Å². The molecule has 0 aromatic heterocycles. The van der Waals surface area contributed by atoms with Crippen molar-refractivity contribution in [3.05, 3.63) is 29.8 Å². The van der Waals surface area contributed by atoms with Gasteiger partial charge in [-0.25, -0.2) is 0 Å². The van der Waals surface area contributed by atoms with Gasteiger partial charge >= 0.3 is 10.2 Å². The number of piperidine rings is 1. The maximum Gasteiger partial charge on any atom is 0.303 e. The molecule has 3 N–H and O–H groups in total. The minimum atomic E-state index is -3.50. The number of amidine groups is 1. The molecule has 2 rings (SSSR count). The first-order chi connectivity index (χ1) is 9.96. The number of oxime groups is 1. The quantitative estimate of drug-likeness (QED) is 0.374. The summed E-state index contributed by atoms with van der Waals surface area (Å²) in [5.41, 5.74) is 6.55. The van der Waals surface area contributed by atoms with Crippen molar-refractivity contribution in [1.82, 2.24) is 4.31 Å². The predicted octanol–water partition coefficient (Wildman–Crippen LogP) is 0.948. The summed E-state index contributed by atoms with van der Waals surface area (Å²) in [6.45, 7) is 1.13. The number of hydrogen-bond donors (Lipinski definition) is 2. The van der Waals surface area contributed by atoms with Crippen molar-refractivity contribution in [3.63, 3.8) is 0 Å². The van der Waals surface area contributed by atoms with E-state index >= 15 is 0 Å². The maximum atomic E-state index is 12.5. The van der Waals surface area contributed by atoms with Crippen molar-refractivity contribution in [3.8, 4) is 0 Å². The van der Waals surface area contributed by atoms with Gasteiger partial charge in [-0.05, 0) is 37.1 Å². The molecule has 0 amide bonds. The number of anilines is 1. The molecule has 1 aromatic rings. The fourth-order valence-electron chi connectivity index (χ4n) is 2.30. The highest BCUT2D eigenvalue weighted by molar-refractivity contribution is 7.90. The van der Waals surface area contributed by atoms with Crippen molar-refractivity contribution in [2.45, 2.75) is 19.3 Å². The van der Waals surface area contributed by atoms with Crippen LogP contribution in [0.25, 0.3) is 0 Å². The summed E-state index contributed by atoms with van der Waals surface area (Å²) in [4.78, 5) is 0. The smallest absolute Gasteiger partial charge is 0.303 e.